The van der Waals surface area contributed by atoms with Crippen LogP contribution >= 0.6 is 0 Å². The van der Waals surface area contributed by atoms with Crippen LogP contribution < -0.4 is 11.5 Å². The second-order valence-corrected chi connectivity index (χ2v) is 7.23. The molecular weight excluding hydrogens is 304 g/mol. The Morgan fingerprint density at radius 1 is 1.38 bits per heavy atom. The lowest BCUT2D eigenvalue weighted by Gasteiger charge is -2.21. The fourth-order valence-corrected chi connectivity index (χ4v) is 3.91. The maximum absolute atomic E-state index is 13.8. The number of carbonyl (C=O) groups excluding carboxylic acids is 1. The number of hydrogen-bond donors (Lipinski definition) is 2. The van der Waals surface area contributed by atoms with Gasteiger partial charge in [0.05, 0.1) is 5.41 Å². The lowest BCUT2D eigenvalue weighted by Crippen LogP contribution is -2.38. The van der Waals surface area contributed by atoms with Crippen LogP contribution in [0.15, 0.2) is 17.0 Å². The molecule has 0 saturated carbocycles. The number of hydrogen-bond acceptors (Lipinski definition) is 4. The molecule has 1 aliphatic heterocycles. The Kier molecular flexibility index (Phi) is 3.66. The molecule has 0 aromatic heterocycles. The monoisotopic (exact) mass is 319 g/mol. The van der Waals surface area contributed by atoms with Gasteiger partial charge in [-0.05, 0) is 25.5 Å². The standard InChI is InChI=1S/C12H15F2N3O3S/c1-12(11(16)18)2-3-17(6-12)21(19,20)9-5-7(15)4-8(13)10(9)14/h4-5H,2-3,6,15H2,1H3,(H2,16,18). The Morgan fingerprint density at radius 3 is 2.52 bits per heavy atom. The van der Waals surface area contributed by atoms with Crippen molar-refractivity contribution in [3.63, 3.8) is 0 Å². The van der Waals surface area contributed by atoms with Crippen LogP contribution in [0.1, 0.15) is 13.3 Å². The first kappa shape index (κ1) is 15.6. The largest absolute Gasteiger partial charge is 0.399 e. The summed E-state index contributed by atoms with van der Waals surface area (Å²) in [6.45, 7) is 1.35. The Balaban J connectivity index is 2.43. The van der Waals surface area contributed by atoms with E-state index in [1.807, 2.05) is 0 Å². The molecule has 0 spiro atoms. The van der Waals surface area contributed by atoms with Crippen LogP contribution in [0.2, 0.25) is 0 Å². The van der Waals surface area contributed by atoms with E-state index in [9.17, 15) is 22.0 Å². The van der Waals surface area contributed by atoms with Gasteiger partial charge in [-0.3, -0.25) is 4.79 Å². The van der Waals surface area contributed by atoms with Crippen LogP contribution in [-0.4, -0.2) is 31.7 Å². The normalized spacial score (nSPS) is 23.4. The summed E-state index contributed by atoms with van der Waals surface area (Å²) in [4.78, 5) is 10.5. The van der Waals surface area contributed by atoms with Gasteiger partial charge in [0.2, 0.25) is 15.9 Å². The molecule has 6 nitrogen and oxygen atoms in total. The molecular formula is C12H15F2N3O3S. The highest BCUT2D eigenvalue weighted by Crippen LogP contribution is 2.34. The number of benzene rings is 1. The molecule has 1 saturated heterocycles. The molecule has 0 radical (unpaired) electrons. The number of halogens is 2. The number of amides is 1. The van der Waals surface area contributed by atoms with Crippen molar-refractivity contribution in [3.8, 4) is 0 Å². The average molecular weight is 319 g/mol. The molecule has 1 atom stereocenters. The molecule has 0 bridgehead atoms. The minimum absolute atomic E-state index is 0.00235. The molecule has 116 valence electrons. The maximum atomic E-state index is 13.8. The van der Waals surface area contributed by atoms with Gasteiger partial charge in [-0.2, -0.15) is 4.31 Å². The summed E-state index contributed by atoms with van der Waals surface area (Å²) in [5.41, 5.74) is 9.37. The van der Waals surface area contributed by atoms with E-state index in [2.05, 4.69) is 0 Å². The van der Waals surface area contributed by atoms with E-state index in [0.29, 0.717) is 6.07 Å². The number of nitrogen functional groups attached to an aromatic ring is 1. The summed E-state index contributed by atoms with van der Waals surface area (Å²) >= 11 is 0. The van der Waals surface area contributed by atoms with E-state index in [0.717, 1.165) is 10.4 Å². The van der Waals surface area contributed by atoms with Gasteiger partial charge in [0, 0.05) is 18.8 Å². The first-order valence-electron chi connectivity index (χ1n) is 6.12. The fourth-order valence-electron chi connectivity index (χ4n) is 2.24. The highest BCUT2D eigenvalue weighted by molar-refractivity contribution is 7.89. The molecule has 1 aromatic rings. The van der Waals surface area contributed by atoms with E-state index in [4.69, 9.17) is 11.5 Å². The molecule has 1 unspecified atom stereocenters. The highest BCUT2D eigenvalue weighted by Gasteiger charge is 2.44. The predicted molar refractivity (Wildman–Crippen MR) is 71.4 cm³/mol. The molecule has 9 heteroatoms. The first-order valence-corrected chi connectivity index (χ1v) is 7.56. The summed E-state index contributed by atoms with van der Waals surface area (Å²) in [5, 5.41) is 0. The Morgan fingerprint density at radius 2 is 2.00 bits per heavy atom. The van der Waals surface area contributed by atoms with E-state index in [1.165, 1.54) is 6.92 Å². The topological polar surface area (TPSA) is 106 Å². The van der Waals surface area contributed by atoms with E-state index in [1.54, 1.807) is 0 Å². The van der Waals surface area contributed by atoms with Gasteiger partial charge >= 0.3 is 0 Å². The number of primary amides is 1. The molecule has 21 heavy (non-hydrogen) atoms. The minimum atomic E-state index is -4.29. The van der Waals surface area contributed by atoms with Crippen molar-refractivity contribution in [2.75, 3.05) is 18.8 Å². The van der Waals surface area contributed by atoms with Crippen molar-refractivity contribution in [1.82, 2.24) is 4.31 Å². The molecule has 2 rings (SSSR count). The molecule has 1 aromatic carbocycles. The van der Waals surface area contributed by atoms with Gasteiger partial charge in [-0.1, -0.05) is 0 Å². The van der Waals surface area contributed by atoms with Crippen LogP contribution in [0.3, 0.4) is 0 Å². The minimum Gasteiger partial charge on any atom is -0.399 e. The second kappa shape index (κ2) is 4.92. The average Bonchev–Trinajstić information content (AvgIpc) is 2.78. The van der Waals surface area contributed by atoms with E-state index in [-0.39, 0.29) is 25.2 Å². The molecule has 1 fully saturated rings. The third-order valence-corrected chi connectivity index (χ3v) is 5.51. The molecule has 1 amide bonds. The fraction of sp³-hybridized carbons (Fsp3) is 0.417. The van der Waals surface area contributed by atoms with Gasteiger partial charge in [-0.25, -0.2) is 17.2 Å². The van der Waals surface area contributed by atoms with Crippen molar-refractivity contribution >= 4 is 21.6 Å². The smallest absolute Gasteiger partial charge is 0.246 e. The Bertz CT molecular complexity index is 708. The lowest BCUT2D eigenvalue weighted by molar-refractivity contribution is -0.126. The SMILES string of the molecule is CC1(C(N)=O)CCN(S(=O)(=O)c2cc(N)cc(F)c2F)C1. The zero-order valence-electron chi connectivity index (χ0n) is 11.3. The third kappa shape index (κ3) is 2.58. The number of sulfonamides is 1. The van der Waals surface area contributed by atoms with Gasteiger partial charge in [-0.15, -0.1) is 0 Å². The number of anilines is 1. The van der Waals surface area contributed by atoms with Crippen LogP contribution in [0, 0.1) is 17.0 Å². The zero-order valence-corrected chi connectivity index (χ0v) is 12.1. The predicted octanol–water partition coefficient (Wildman–Crippen LogP) is 0.433. The first-order chi connectivity index (χ1) is 9.58. The van der Waals surface area contributed by atoms with Crippen LogP contribution in [0.25, 0.3) is 0 Å². The van der Waals surface area contributed by atoms with Crippen molar-refractivity contribution in [2.45, 2.75) is 18.2 Å². The van der Waals surface area contributed by atoms with Crippen molar-refractivity contribution < 1.29 is 22.0 Å². The quantitative estimate of drug-likeness (QED) is 0.788. The van der Waals surface area contributed by atoms with Crippen LogP contribution in [-0.2, 0) is 14.8 Å². The van der Waals surface area contributed by atoms with E-state index < -0.39 is 37.9 Å². The van der Waals surface area contributed by atoms with Gasteiger partial charge in [0.25, 0.3) is 0 Å². The van der Waals surface area contributed by atoms with Crippen molar-refractivity contribution in [3.05, 3.63) is 23.8 Å². The summed E-state index contributed by atoms with van der Waals surface area (Å²) in [6.07, 6.45) is 0.216. The number of nitrogens with two attached hydrogens (primary N) is 2. The third-order valence-electron chi connectivity index (χ3n) is 3.67. The molecule has 4 N–H and O–H groups in total. The summed E-state index contributed by atoms with van der Waals surface area (Å²) in [5.74, 6) is -3.47. The zero-order chi connectivity index (χ0) is 16.0. The Labute approximate surface area is 120 Å². The molecule has 1 aliphatic rings. The highest BCUT2D eigenvalue weighted by atomic mass is 32.2. The van der Waals surface area contributed by atoms with Gasteiger partial charge in [0.15, 0.2) is 11.6 Å². The van der Waals surface area contributed by atoms with E-state index >= 15 is 0 Å². The molecule has 0 aliphatic carbocycles. The van der Waals surface area contributed by atoms with Crippen LogP contribution in [0.5, 0.6) is 0 Å². The number of carbonyl (C=O) groups is 1. The number of rotatable bonds is 3. The van der Waals surface area contributed by atoms with Crippen LogP contribution in [0.4, 0.5) is 14.5 Å². The van der Waals surface area contributed by atoms with Gasteiger partial charge in [0.1, 0.15) is 4.90 Å². The lowest BCUT2D eigenvalue weighted by atomic mass is 9.89. The van der Waals surface area contributed by atoms with Gasteiger partial charge < -0.3 is 11.5 Å². The summed E-state index contributed by atoms with van der Waals surface area (Å²) in [7, 11) is -4.29. The van der Waals surface area contributed by atoms with Crippen molar-refractivity contribution in [2.24, 2.45) is 11.1 Å². The maximum Gasteiger partial charge on any atom is 0.246 e. The van der Waals surface area contributed by atoms with Crippen molar-refractivity contribution in [1.29, 1.82) is 0 Å². The second-order valence-electron chi connectivity index (χ2n) is 5.33. The summed E-state index contributed by atoms with van der Waals surface area (Å²) in [6, 6.07) is 1.56. The Hall–Kier alpha value is -1.74. The summed E-state index contributed by atoms with van der Waals surface area (Å²) < 4.78 is 52.8. The number of nitrogens with zero attached hydrogens (tertiary/aromatic N) is 1. The molecule has 1 heterocycles.